The first kappa shape index (κ1) is 19.0. The number of nitrogens with two attached hydrogens (primary N) is 1. The van der Waals surface area contributed by atoms with Crippen LogP contribution in [-0.4, -0.2) is 31.9 Å². The van der Waals surface area contributed by atoms with Crippen LogP contribution in [0.2, 0.25) is 0 Å². The van der Waals surface area contributed by atoms with Crippen LogP contribution in [0.5, 0.6) is 5.75 Å². The highest BCUT2D eigenvalue weighted by molar-refractivity contribution is 6.47. The van der Waals surface area contributed by atoms with Crippen LogP contribution >= 0.6 is 12.4 Å². The molecule has 0 amide bonds. The van der Waals surface area contributed by atoms with Gasteiger partial charge >= 0.3 is 7.12 Å². The highest BCUT2D eigenvalue weighted by atomic mass is 35.5. The lowest BCUT2D eigenvalue weighted by molar-refractivity contribution is -0.199. The second-order valence-electron chi connectivity index (χ2n) is 8.56. The van der Waals surface area contributed by atoms with Crippen LogP contribution in [0.4, 0.5) is 0 Å². The molecule has 2 bridgehead atoms. The molecule has 6 heteroatoms. The zero-order valence-electron chi connectivity index (χ0n) is 15.5. The molecule has 4 fully saturated rings. The third-order valence-electron chi connectivity index (χ3n) is 6.92. The van der Waals surface area contributed by atoms with E-state index in [0.717, 1.165) is 30.1 Å². The fraction of sp³-hybridized carbons (Fsp3) is 0.684. The Bertz CT molecular complexity index is 643. The lowest BCUT2D eigenvalue weighted by atomic mass is 9.43. The minimum absolute atomic E-state index is 0. The quantitative estimate of drug-likeness (QED) is 0.832. The van der Waals surface area contributed by atoms with Crippen molar-refractivity contribution in [2.75, 3.05) is 7.11 Å². The van der Waals surface area contributed by atoms with Crippen molar-refractivity contribution in [1.29, 1.82) is 0 Å². The van der Waals surface area contributed by atoms with Gasteiger partial charge < -0.3 is 19.8 Å². The summed E-state index contributed by atoms with van der Waals surface area (Å²) in [6.07, 6.45) is 3.28. The monoisotopic (exact) mass is 365 g/mol. The van der Waals surface area contributed by atoms with Gasteiger partial charge in [-0.05, 0) is 61.1 Å². The number of rotatable bonds is 4. The van der Waals surface area contributed by atoms with E-state index in [9.17, 15) is 0 Å². The maximum Gasteiger partial charge on any atom is 0.475 e. The summed E-state index contributed by atoms with van der Waals surface area (Å²) in [5.41, 5.74) is 7.78. The fourth-order valence-electron chi connectivity index (χ4n) is 5.25. The molecule has 0 aromatic heterocycles. The molecule has 1 aliphatic heterocycles. The summed E-state index contributed by atoms with van der Waals surface area (Å²) in [6, 6.07) is 8.05. The van der Waals surface area contributed by atoms with Gasteiger partial charge in [-0.3, -0.25) is 0 Å². The number of benzene rings is 1. The van der Waals surface area contributed by atoms with E-state index in [1.807, 2.05) is 18.2 Å². The average Bonchev–Trinajstić information content (AvgIpc) is 2.92. The van der Waals surface area contributed by atoms with Crippen molar-refractivity contribution < 1.29 is 14.0 Å². The Morgan fingerprint density at radius 2 is 2.08 bits per heavy atom. The Kier molecular flexibility index (Phi) is 4.91. The minimum Gasteiger partial charge on any atom is -0.497 e. The average molecular weight is 366 g/mol. The molecule has 138 valence electrons. The molecule has 3 saturated carbocycles. The summed E-state index contributed by atoms with van der Waals surface area (Å²) in [7, 11) is 1.36. The summed E-state index contributed by atoms with van der Waals surface area (Å²) in [4.78, 5) is 0. The van der Waals surface area contributed by atoms with Crippen LogP contribution in [0.3, 0.4) is 0 Å². The Morgan fingerprint density at radius 1 is 1.32 bits per heavy atom. The second-order valence-corrected chi connectivity index (χ2v) is 8.56. The van der Waals surface area contributed by atoms with Crippen LogP contribution in [0.1, 0.15) is 39.2 Å². The van der Waals surface area contributed by atoms with E-state index in [4.69, 9.17) is 19.8 Å². The second kappa shape index (κ2) is 6.45. The van der Waals surface area contributed by atoms with E-state index >= 15 is 0 Å². The molecular formula is C19H29BClNO3. The number of hydrogen-bond donors (Lipinski definition) is 1. The Balaban J connectivity index is 0.00000182. The van der Waals surface area contributed by atoms with Gasteiger partial charge in [0.2, 0.25) is 0 Å². The van der Waals surface area contributed by atoms with Gasteiger partial charge in [-0.15, -0.1) is 12.4 Å². The van der Waals surface area contributed by atoms with Crippen LogP contribution < -0.4 is 10.5 Å². The van der Waals surface area contributed by atoms with Gasteiger partial charge in [0.15, 0.2) is 0 Å². The molecule has 4 nitrogen and oxygen atoms in total. The Labute approximate surface area is 157 Å². The predicted octanol–water partition coefficient (Wildman–Crippen LogP) is 3.25. The third kappa shape index (κ3) is 2.89. The number of ether oxygens (including phenoxy) is 1. The standard InChI is InChI=1S/C19H28BNO3.ClH/c1-18(2)13-10-15(18)19(3)16(11-13)23-20(24-19)17(21)9-12-6-5-7-14(8-12)22-4;/h5-8,13,15-17H,9-11,21H2,1-4H3;1H/t13-,15-,16+,17?,19-;/m0./s1. The van der Waals surface area contributed by atoms with E-state index in [1.54, 1.807) is 7.11 Å². The smallest absolute Gasteiger partial charge is 0.475 e. The summed E-state index contributed by atoms with van der Waals surface area (Å²) in [6.45, 7) is 6.98. The van der Waals surface area contributed by atoms with E-state index in [1.165, 1.54) is 6.42 Å². The van der Waals surface area contributed by atoms with E-state index in [0.29, 0.717) is 11.3 Å². The van der Waals surface area contributed by atoms with E-state index in [-0.39, 0.29) is 37.2 Å². The van der Waals surface area contributed by atoms with Crippen LogP contribution in [0, 0.1) is 17.3 Å². The Morgan fingerprint density at radius 3 is 2.76 bits per heavy atom. The molecule has 1 heterocycles. The first-order valence-corrected chi connectivity index (χ1v) is 9.06. The van der Waals surface area contributed by atoms with Crippen molar-refractivity contribution in [3.8, 4) is 5.75 Å². The SMILES string of the molecule is COc1cccc(CC(N)B2O[C@@H]3C[C@@H]4C[C@@H](C4(C)C)[C@]3(C)O2)c1.Cl. The molecule has 1 unspecified atom stereocenters. The van der Waals surface area contributed by atoms with Gasteiger partial charge in [0, 0.05) is 5.94 Å². The molecule has 3 aliphatic carbocycles. The van der Waals surface area contributed by atoms with Crippen molar-refractivity contribution in [2.45, 2.75) is 57.7 Å². The summed E-state index contributed by atoms with van der Waals surface area (Å²) in [5, 5.41) is 0. The van der Waals surface area contributed by atoms with Gasteiger partial charge in [0.25, 0.3) is 0 Å². The van der Waals surface area contributed by atoms with Crippen molar-refractivity contribution in [3.05, 3.63) is 29.8 Å². The van der Waals surface area contributed by atoms with Crippen LogP contribution in [-0.2, 0) is 15.7 Å². The Hall–Kier alpha value is -0.745. The molecule has 5 atom stereocenters. The largest absolute Gasteiger partial charge is 0.497 e. The number of methoxy groups -OCH3 is 1. The van der Waals surface area contributed by atoms with Crippen LogP contribution in [0.15, 0.2) is 24.3 Å². The van der Waals surface area contributed by atoms with Crippen molar-refractivity contribution in [2.24, 2.45) is 23.0 Å². The lowest BCUT2D eigenvalue weighted by Crippen LogP contribution is -2.65. The molecule has 1 aromatic carbocycles. The maximum absolute atomic E-state index is 6.45. The minimum atomic E-state index is -0.318. The maximum atomic E-state index is 6.45. The molecule has 2 N–H and O–H groups in total. The predicted molar refractivity (Wildman–Crippen MR) is 102 cm³/mol. The van der Waals surface area contributed by atoms with Crippen molar-refractivity contribution >= 4 is 19.5 Å². The molecule has 4 aliphatic rings. The van der Waals surface area contributed by atoms with Gasteiger partial charge in [-0.25, -0.2) is 0 Å². The number of hydrogen-bond acceptors (Lipinski definition) is 4. The van der Waals surface area contributed by atoms with Crippen molar-refractivity contribution in [3.63, 3.8) is 0 Å². The van der Waals surface area contributed by atoms with Gasteiger partial charge in [-0.2, -0.15) is 0 Å². The normalized spacial score (nSPS) is 36.0. The first-order valence-electron chi connectivity index (χ1n) is 9.06. The molecular weight excluding hydrogens is 336 g/mol. The molecule has 1 saturated heterocycles. The highest BCUT2D eigenvalue weighted by Crippen LogP contribution is 2.65. The summed E-state index contributed by atoms with van der Waals surface area (Å²) in [5.74, 6) is 2.02. The highest BCUT2D eigenvalue weighted by Gasteiger charge is 2.68. The molecule has 0 radical (unpaired) electrons. The first-order chi connectivity index (χ1) is 11.3. The molecule has 25 heavy (non-hydrogen) atoms. The fourth-order valence-corrected chi connectivity index (χ4v) is 5.25. The van der Waals surface area contributed by atoms with E-state index in [2.05, 4.69) is 26.8 Å². The molecule has 0 spiro atoms. The molecule has 5 rings (SSSR count). The topological polar surface area (TPSA) is 53.7 Å². The third-order valence-corrected chi connectivity index (χ3v) is 6.92. The van der Waals surface area contributed by atoms with Crippen LogP contribution in [0.25, 0.3) is 0 Å². The van der Waals surface area contributed by atoms with Gasteiger partial charge in [0.1, 0.15) is 5.75 Å². The van der Waals surface area contributed by atoms with Crippen molar-refractivity contribution in [1.82, 2.24) is 0 Å². The van der Waals surface area contributed by atoms with Gasteiger partial charge in [-0.1, -0.05) is 26.0 Å². The van der Waals surface area contributed by atoms with Gasteiger partial charge in [0.05, 0.1) is 18.8 Å². The number of halogens is 1. The molecule has 1 aromatic rings. The summed E-state index contributed by atoms with van der Waals surface area (Å²) < 4.78 is 18.0. The lowest BCUT2D eigenvalue weighted by Gasteiger charge is -2.64. The summed E-state index contributed by atoms with van der Waals surface area (Å²) >= 11 is 0. The zero-order chi connectivity index (χ0) is 17.1. The van der Waals surface area contributed by atoms with E-state index < -0.39 is 0 Å². The zero-order valence-corrected chi connectivity index (χ0v) is 16.3.